The molecule has 1 aliphatic carbocycles. The number of hydrogen-bond donors (Lipinski definition) is 2. The van der Waals surface area contributed by atoms with Crippen molar-refractivity contribution in [2.45, 2.75) is 32.0 Å². The van der Waals surface area contributed by atoms with Crippen molar-refractivity contribution in [2.75, 3.05) is 13.2 Å². The summed E-state index contributed by atoms with van der Waals surface area (Å²) in [5, 5.41) is 15.3. The minimum absolute atomic E-state index is 0.175. The van der Waals surface area contributed by atoms with Crippen LogP contribution in [0.4, 0.5) is 0 Å². The normalized spacial score (nSPS) is 17.0. The van der Waals surface area contributed by atoms with Crippen LogP contribution in [0.5, 0.6) is 0 Å². The van der Waals surface area contributed by atoms with Gasteiger partial charge in [-0.15, -0.1) is 0 Å². The van der Waals surface area contributed by atoms with Crippen molar-refractivity contribution in [2.24, 2.45) is 5.92 Å². The van der Waals surface area contributed by atoms with Crippen molar-refractivity contribution in [1.82, 2.24) is 5.32 Å². The van der Waals surface area contributed by atoms with Gasteiger partial charge in [-0.2, -0.15) is 0 Å². The van der Waals surface area contributed by atoms with E-state index in [1.165, 1.54) is 12.8 Å². The van der Waals surface area contributed by atoms with Gasteiger partial charge in [-0.25, -0.2) is 0 Å². The van der Waals surface area contributed by atoms with Crippen LogP contribution in [0.3, 0.4) is 0 Å². The van der Waals surface area contributed by atoms with Crippen LogP contribution in [0.1, 0.15) is 31.4 Å². The molecule has 0 radical (unpaired) electrons. The van der Waals surface area contributed by atoms with Crippen molar-refractivity contribution in [3.8, 4) is 0 Å². The van der Waals surface area contributed by atoms with Gasteiger partial charge >= 0.3 is 0 Å². The summed E-state index contributed by atoms with van der Waals surface area (Å²) in [6.07, 6.45) is 1.21. The first-order valence-electron chi connectivity index (χ1n) is 8.19. The molecule has 2 aromatic carbocycles. The second-order valence-electron chi connectivity index (χ2n) is 6.29. The number of carbonyl (C=O) groups is 1. The fourth-order valence-electron chi connectivity index (χ4n) is 2.51. The Hall–Kier alpha value is -1.91. The third-order valence-electron chi connectivity index (χ3n) is 4.28. The monoisotopic (exact) mass is 313 g/mol. The van der Waals surface area contributed by atoms with Gasteiger partial charge in [0.1, 0.15) is 6.10 Å². The largest absolute Gasteiger partial charge is 0.387 e. The van der Waals surface area contributed by atoms with Crippen LogP contribution in [-0.2, 0) is 9.53 Å². The zero-order valence-electron chi connectivity index (χ0n) is 13.4. The molecule has 2 unspecified atom stereocenters. The molecule has 4 nitrogen and oxygen atoms in total. The first-order chi connectivity index (χ1) is 11.1. The molecule has 0 spiro atoms. The number of amides is 1. The average molecular weight is 313 g/mol. The molecule has 2 aromatic rings. The van der Waals surface area contributed by atoms with Crippen molar-refractivity contribution in [3.63, 3.8) is 0 Å². The number of fused-ring (bicyclic) bond motifs is 1. The molecular weight excluding hydrogens is 290 g/mol. The molecule has 0 aliphatic heterocycles. The maximum atomic E-state index is 12.0. The quantitative estimate of drug-likeness (QED) is 0.826. The number of hydrogen-bond acceptors (Lipinski definition) is 3. The molecule has 4 heteroatoms. The lowest BCUT2D eigenvalue weighted by Gasteiger charge is -2.16. The van der Waals surface area contributed by atoms with E-state index in [9.17, 15) is 9.90 Å². The van der Waals surface area contributed by atoms with Crippen LogP contribution in [-0.4, -0.2) is 30.3 Å². The van der Waals surface area contributed by atoms with Gasteiger partial charge in [0.25, 0.3) is 0 Å². The topological polar surface area (TPSA) is 58.6 Å². The third-order valence-corrected chi connectivity index (χ3v) is 4.28. The highest BCUT2D eigenvalue weighted by atomic mass is 16.5. The zero-order valence-corrected chi connectivity index (χ0v) is 13.4. The summed E-state index contributed by atoms with van der Waals surface area (Å²) < 4.78 is 5.53. The van der Waals surface area contributed by atoms with E-state index in [0.717, 1.165) is 16.3 Å². The van der Waals surface area contributed by atoms with Crippen molar-refractivity contribution in [1.29, 1.82) is 0 Å². The second-order valence-corrected chi connectivity index (χ2v) is 6.29. The molecule has 1 amide bonds. The Morgan fingerprint density at radius 3 is 2.74 bits per heavy atom. The van der Waals surface area contributed by atoms with Gasteiger partial charge in [0, 0.05) is 6.54 Å². The van der Waals surface area contributed by atoms with E-state index in [-0.39, 0.29) is 12.5 Å². The molecule has 23 heavy (non-hydrogen) atoms. The number of aliphatic hydroxyl groups excluding tert-OH is 1. The van der Waals surface area contributed by atoms with Gasteiger partial charge in [-0.3, -0.25) is 4.79 Å². The van der Waals surface area contributed by atoms with E-state index in [2.05, 4.69) is 5.32 Å². The van der Waals surface area contributed by atoms with Gasteiger partial charge in [-0.05, 0) is 48.1 Å². The molecule has 3 rings (SSSR count). The first kappa shape index (κ1) is 16.0. The van der Waals surface area contributed by atoms with Crippen molar-refractivity contribution in [3.05, 3.63) is 48.0 Å². The van der Waals surface area contributed by atoms with E-state index in [0.29, 0.717) is 12.5 Å². The molecule has 122 valence electrons. The van der Waals surface area contributed by atoms with Gasteiger partial charge in [0.15, 0.2) is 0 Å². The standard InChI is InChI=1S/C19H23NO3/c1-13(23-12-14-6-7-14)19(22)20-11-18(21)17-9-8-15-4-2-3-5-16(15)10-17/h2-5,8-10,13-14,18,21H,6-7,11-12H2,1H3,(H,20,22). The molecule has 2 N–H and O–H groups in total. The Morgan fingerprint density at radius 2 is 2.00 bits per heavy atom. The van der Waals surface area contributed by atoms with E-state index >= 15 is 0 Å². The van der Waals surface area contributed by atoms with Crippen molar-refractivity contribution < 1.29 is 14.6 Å². The first-order valence-corrected chi connectivity index (χ1v) is 8.19. The van der Waals surface area contributed by atoms with E-state index in [4.69, 9.17) is 4.74 Å². The number of rotatable bonds is 7. The lowest BCUT2D eigenvalue weighted by molar-refractivity contribution is -0.132. The van der Waals surface area contributed by atoms with Crippen LogP contribution in [0.2, 0.25) is 0 Å². The van der Waals surface area contributed by atoms with Crippen molar-refractivity contribution >= 4 is 16.7 Å². The average Bonchev–Trinajstić information content (AvgIpc) is 3.41. The summed E-state index contributed by atoms with van der Waals surface area (Å²) in [7, 11) is 0. The molecule has 2 atom stereocenters. The SMILES string of the molecule is CC(OCC1CC1)C(=O)NCC(O)c1ccc2ccccc2c1. The Labute approximate surface area is 136 Å². The molecular formula is C19H23NO3. The molecule has 1 saturated carbocycles. The van der Waals surface area contributed by atoms with E-state index in [1.54, 1.807) is 6.92 Å². The van der Waals surface area contributed by atoms with Crippen LogP contribution >= 0.6 is 0 Å². The summed E-state index contributed by atoms with van der Waals surface area (Å²) in [6.45, 7) is 2.59. The Bertz CT molecular complexity index is 681. The summed E-state index contributed by atoms with van der Waals surface area (Å²) >= 11 is 0. The Balaban J connectivity index is 1.52. The van der Waals surface area contributed by atoms with Crippen LogP contribution in [0.25, 0.3) is 10.8 Å². The molecule has 0 saturated heterocycles. The number of carbonyl (C=O) groups excluding carboxylic acids is 1. The molecule has 0 bridgehead atoms. The Morgan fingerprint density at radius 1 is 1.26 bits per heavy atom. The highest BCUT2D eigenvalue weighted by Crippen LogP contribution is 2.29. The highest BCUT2D eigenvalue weighted by molar-refractivity contribution is 5.83. The minimum Gasteiger partial charge on any atom is -0.387 e. The predicted octanol–water partition coefficient (Wildman–Crippen LogP) is 2.80. The molecule has 0 aromatic heterocycles. The van der Waals surface area contributed by atoms with Crippen LogP contribution in [0.15, 0.2) is 42.5 Å². The second kappa shape index (κ2) is 7.11. The molecule has 0 heterocycles. The van der Waals surface area contributed by atoms with Crippen LogP contribution < -0.4 is 5.32 Å². The number of nitrogens with one attached hydrogen (secondary N) is 1. The van der Waals surface area contributed by atoms with E-state index < -0.39 is 12.2 Å². The zero-order chi connectivity index (χ0) is 16.2. The number of benzene rings is 2. The summed E-state index contributed by atoms with van der Waals surface area (Å²) in [6, 6.07) is 13.8. The van der Waals surface area contributed by atoms with Gasteiger partial charge in [-0.1, -0.05) is 36.4 Å². The summed E-state index contributed by atoms with van der Waals surface area (Å²) in [5.74, 6) is 0.457. The highest BCUT2D eigenvalue weighted by Gasteiger charge is 2.24. The Kier molecular flexibility index (Phi) is 4.94. The van der Waals surface area contributed by atoms with Gasteiger partial charge < -0.3 is 15.2 Å². The van der Waals surface area contributed by atoms with Gasteiger partial charge in [0.2, 0.25) is 5.91 Å². The maximum Gasteiger partial charge on any atom is 0.248 e. The molecule has 1 fully saturated rings. The number of aliphatic hydroxyl groups is 1. The summed E-state index contributed by atoms with van der Waals surface area (Å²) in [5.41, 5.74) is 0.801. The van der Waals surface area contributed by atoms with Gasteiger partial charge in [0.05, 0.1) is 12.7 Å². The third kappa shape index (κ3) is 4.30. The lowest BCUT2D eigenvalue weighted by atomic mass is 10.0. The smallest absolute Gasteiger partial charge is 0.248 e. The minimum atomic E-state index is -0.723. The maximum absolute atomic E-state index is 12.0. The fraction of sp³-hybridized carbons (Fsp3) is 0.421. The van der Waals surface area contributed by atoms with E-state index in [1.807, 2.05) is 42.5 Å². The number of ether oxygens (including phenoxy) is 1. The lowest BCUT2D eigenvalue weighted by Crippen LogP contribution is -2.37. The fourth-order valence-corrected chi connectivity index (χ4v) is 2.51. The molecule has 1 aliphatic rings. The predicted molar refractivity (Wildman–Crippen MR) is 90.1 cm³/mol. The van der Waals surface area contributed by atoms with Crippen LogP contribution in [0, 0.1) is 5.92 Å². The summed E-state index contributed by atoms with van der Waals surface area (Å²) in [4.78, 5) is 12.0.